The van der Waals surface area contributed by atoms with Gasteiger partial charge >= 0.3 is 18.1 Å². The van der Waals surface area contributed by atoms with E-state index in [1.165, 1.54) is 0 Å². The fraction of sp³-hybridized carbons (Fsp3) is 1.00. The number of halogens is 6. The molecule has 0 aliphatic carbocycles. The van der Waals surface area contributed by atoms with Gasteiger partial charge in [-0.25, -0.2) is 9.13 Å². The number of methoxy groups -OCH3 is 1. The van der Waals surface area contributed by atoms with Crippen molar-refractivity contribution in [3.05, 3.63) is 0 Å². The van der Waals surface area contributed by atoms with Crippen molar-refractivity contribution in [1.29, 1.82) is 0 Å². The summed E-state index contributed by atoms with van der Waals surface area (Å²) in [6.07, 6.45) is -10.0. The number of rotatable bonds is 1. The molecular formula is C6H6F6O2. The molecule has 2 nitrogen and oxygen atoms in total. The van der Waals surface area contributed by atoms with Gasteiger partial charge in [0.1, 0.15) is 0 Å². The molecule has 1 aliphatic heterocycles. The number of ether oxygens (including phenoxy) is 2. The molecule has 0 aromatic rings. The van der Waals surface area contributed by atoms with Gasteiger partial charge in [0.25, 0.3) is 5.67 Å². The molecule has 1 saturated heterocycles. The average molecular weight is 224 g/mol. The normalized spacial score (nSPS) is 45.4. The molecule has 2 unspecified atom stereocenters. The van der Waals surface area contributed by atoms with Crippen molar-refractivity contribution in [2.45, 2.75) is 30.7 Å². The minimum atomic E-state index is -5.05. The van der Waals surface area contributed by atoms with Crippen molar-refractivity contribution in [2.75, 3.05) is 7.11 Å². The average Bonchev–Trinajstić information content (AvgIpc) is 2.07. The van der Waals surface area contributed by atoms with Crippen molar-refractivity contribution in [3.63, 3.8) is 0 Å². The maximum absolute atomic E-state index is 13.1. The third-order valence-corrected chi connectivity index (χ3v) is 2.06. The predicted octanol–water partition coefficient (Wildman–Crippen LogP) is 2.24. The van der Waals surface area contributed by atoms with E-state index in [0.717, 1.165) is 0 Å². The monoisotopic (exact) mass is 224 g/mol. The molecule has 0 saturated carbocycles. The molecule has 1 aliphatic rings. The Morgan fingerprint density at radius 1 is 0.929 bits per heavy atom. The Kier molecular flexibility index (Phi) is 2.10. The summed E-state index contributed by atoms with van der Waals surface area (Å²) in [6, 6.07) is 0. The third kappa shape index (κ3) is 1.01. The van der Waals surface area contributed by atoms with E-state index in [4.69, 9.17) is 0 Å². The molecule has 0 amide bonds. The first-order valence-corrected chi connectivity index (χ1v) is 3.40. The second-order valence-corrected chi connectivity index (χ2v) is 2.94. The van der Waals surface area contributed by atoms with Gasteiger partial charge in [-0.05, 0) is 6.92 Å². The Hall–Kier alpha value is -0.500. The number of hydrogen-bond acceptors (Lipinski definition) is 2. The lowest BCUT2D eigenvalue weighted by Crippen LogP contribution is -2.56. The van der Waals surface area contributed by atoms with Gasteiger partial charge in [0.2, 0.25) is 0 Å². The largest absolute Gasteiger partial charge is 0.422 e. The first kappa shape index (κ1) is 11.6. The van der Waals surface area contributed by atoms with Crippen molar-refractivity contribution in [3.8, 4) is 0 Å². The molecular weight excluding hydrogens is 218 g/mol. The fourth-order valence-electron chi connectivity index (χ4n) is 1.09. The van der Waals surface area contributed by atoms with Crippen LogP contribution in [0.2, 0.25) is 0 Å². The minimum absolute atomic E-state index is 0.0581. The molecule has 8 heteroatoms. The lowest BCUT2D eigenvalue weighted by molar-refractivity contribution is -0.375. The predicted molar refractivity (Wildman–Crippen MR) is 31.3 cm³/mol. The van der Waals surface area contributed by atoms with Gasteiger partial charge in [0.15, 0.2) is 0 Å². The summed E-state index contributed by atoms with van der Waals surface area (Å²) in [5.74, 6) is -4.51. The molecule has 0 N–H and O–H groups in total. The molecule has 2 atom stereocenters. The van der Waals surface area contributed by atoms with Crippen LogP contribution in [0.4, 0.5) is 26.3 Å². The molecule has 0 aromatic heterocycles. The van der Waals surface area contributed by atoms with Gasteiger partial charge in [-0.15, -0.1) is 0 Å². The summed E-state index contributed by atoms with van der Waals surface area (Å²) in [6.45, 7) is -0.0581. The highest BCUT2D eigenvalue weighted by Gasteiger charge is 2.86. The Morgan fingerprint density at radius 3 is 1.50 bits per heavy atom. The van der Waals surface area contributed by atoms with Crippen LogP contribution < -0.4 is 0 Å². The zero-order valence-corrected chi connectivity index (χ0v) is 7.08. The third-order valence-electron chi connectivity index (χ3n) is 2.06. The van der Waals surface area contributed by atoms with Crippen molar-refractivity contribution >= 4 is 0 Å². The van der Waals surface area contributed by atoms with E-state index >= 15 is 0 Å². The van der Waals surface area contributed by atoms with Crippen LogP contribution in [0.3, 0.4) is 0 Å². The maximum atomic E-state index is 13.1. The highest BCUT2D eigenvalue weighted by molar-refractivity contribution is 5.08. The van der Waals surface area contributed by atoms with Crippen LogP contribution in [0.25, 0.3) is 0 Å². The van der Waals surface area contributed by atoms with Crippen molar-refractivity contribution in [1.82, 2.24) is 0 Å². The Labute approximate surface area is 74.8 Å². The highest BCUT2D eigenvalue weighted by Crippen LogP contribution is 2.59. The van der Waals surface area contributed by atoms with Gasteiger partial charge in [0.05, 0.1) is 0 Å². The van der Waals surface area contributed by atoms with Crippen LogP contribution in [-0.2, 0) is 9.47 Å². The van der Waals surface area contributed by atoms with Gasteiger partial charge in [0, 0.05) is 7.11 Å². The van der Waals surface area contributed by atoms with E-state index in [2.05, 4.69) is 9.47 Å². The number of alkyl halides is 6. The Bertz CT molecular complexity index is 253. The van der Waals surface area contributed by atoms with Crippen LogP contribution >= 0.6 is 0 Å². The van der Waals surface area contributed by atoms with Gasteiger partial charge in [-0.3, -0.25) is 0 Å². The molecule has 1 heterocycles. The van der Waals surface area contributed by atoms with E-state index in [-0.39, 0.29) is 6.92 Å². The van der Waals surface area contributed by atoms with E-state index in [1.54, 1.807) is 0 Å². The Morgan fingerprint density at radius 2 is 1.36 bits per heavy atom. The molecule has 1 fully saturated rings. The standard InChI is InChI=1S/C6H6F6O2/c1-3(7)4(8,13-2)6(11,12)14-5(3,9)10/h1-2H3. The first-order chi connectivity index (χ1) is 6.02. The summed E-state index contributed by atoms with van der Waals surface area (Å²) in [5.41, 5.74) is -4.27. The molecule has 0 radical (unpaired) electrons. The number of hydrogen-bond donors (Lipinski definition) is 0. The lowest BCUT2D eigenvalue weighted by atomic mass is 9.99. The van der Waals surface area contributed by atoms with Crippen molar-refractivity contribution in [2.24, 2.45) is 0 Å². The lowest BCUT2D eigenvalue weighted by Gasteiger charge is -2.29. The van der Waals surface area contributed by atoms with E-state index in [0.29, 0.717) is 7.11 Å². The van der Waals surface area contributed by atoms with Crippen molar-refractivity contribution < 1.29 is 35.8 Å². The summed E-state index contributed by atoms with van der Waals surface area (Å²) >= 11 is 0. The molecule has 14 heavy (non-hydrogen) atoms. The van der Waals surface area contributed by atoms with E-state index < -0.39 is 23.7 Å². The second kappa shape index (κ2) is 2.54. The van der Waals surface area contributed by atoms with Gasteiger partial charge in [-0.2, -0.15) is 22.0 Å². The van der Waals surface area contributed by atoms with Crippen LogP contribution in [0.5, 0.6) is 0 Å². The van der Waals surface area contributed by atoms with E-state index in [9.17, 15) is 26.3 Å². The summed E-state index contributed by atoms with van der Waals surface area (Å²) in [7, 11) is 0.344. The minimum Gasteiger partial charge on any atom is -0.340 e. The first-order valence-electron chi connectivity index (χ1n) is 3.40. The SMILES string of the molecule is COC1(F)C(F)(F)OC(F)(F)C1(C)F. The second-order valence-electron chi connectivity index (χ2n) is 2.94. The molecule has 1 rings (SSSR count). The zero-order valence-electron chi connectivity index (χ0n) is 7.08. The van der Waals surface area contributed by atoms with Crippen LogP contribution in [-0.4, -0.2) is 30.9 Å². The zero-order chi connectivity index (χ0) is 11.4. The van der Waals surface area contributed by atoms with Gasteiger partial charge < -0.3 is 4.74 Å². The summed E-state index contributed by atoms with van der Waals surface area (Å²) < 4.78 is 82.5. The Balaban J connectivity index is 3.28. The molecule has 0 aromatic carbocycles. The van der Waals surface area contributed by atoms with Crippen LogP contribution in [0.1, 0.15) is 6.92 Å². The summed E-state index contributed by atoms with van der Waals surface area (Å²) in [5, 5.41) is 0. The van der Waals surface area contributed by atoms with Crippen LogP contribution in [0.15, 0.2) is 0 Å². The molecule has 0 spiro atoms. The fourth-order valence-corrected chi connectivity index (χ4v) is 1.09. The topological polar surface area (TPSA) is 18.5 Å². The summed E-state index contributed by atoms with van der Waals surface area (Å²) in [4.78, 5) is 0. The smallest absolute Gasteiger partial charge is 0.340 e. The molecule has 0 bridgehead atoms. The van der Waals surface area contributed by atoms with Gasteiger partial charge in [-0.1, -0.05) is 0 Å². The maximum Gasteiger partial charge on any atom is 0.422 e. The van der Waals surface area contributed by atoms with Crippen LogP contribution in [0, 0.1) is 0 Å². The highest BCUT2D eigenvalue weighted by atomic mass is 19.3. The molecule has 84 valence electrons. The van der Waals surface area contributed by atoms with E-state index in [1.807, 2.05) is 0 Å². The quantitative estimate of drug-likeness (QED) is 0.636.